The lowest BCUT2D eigenvalue weighted by Gasteiger charge is -2.33. The van der Waals surface area contributed by atoms with Gasteiger partial charge in [-0.25, -0.2) is 9.78 Å². The molecular formula is C31H29F6N3O4. The highest BCUT2D eigenvalue weighted by Crippen LogP contribution is 2.43. The summed E-state index contributed by atoms with van der Waals surface area (Å²) in [6.07, 6.45) is -10.5. The van der Waals surface area contributed by atoms with Crippen molar-refractivity contribution in [3.8, 4) is 16.9 Å². The topological polar surface area (TPSA) is 72.0 Å². The van der Waals surface area contributed by atoms with Gasteiger partial charge in [0.25, 0.3) is 0 Å². The molecule has 3 aromatic rings. The highest BCUT2D eigenvalue weighted by molar-refractivity contribution is 5.79. The molecule has 1 unspecified atom stereocenters. The van der Waals surface area contributed by atoms with E-state index < -0.39 is 47.3 Å². The quantitative estimate of drug-likeness (QED) is 0.197. The number of anilines is 1. The van der Waals surface area contributed by atoms with E-state index in [-0.39, 0.29) is 19.0 Å². The van der Waals surface area contributed by atoms with E-state index in [2.05, 4.69) is 4.90 Å². The molecule has 0 radical (unpaired) electrons. The molecule has 1 aromatic heterocycles. The maximum absolute atomic E-state index is 13.6. The third kappa shape index (κ3) is 6.04. The fourth-order valence-electron chi connectivity index (χ4n) is 5.55. The van der Waals surface area contributed by atoms with Gasteiger partial charge in [0.1, 0.15) is 24.0 Å². The van der Waals surface area contributed by atoms with Gasteiger partial charge in [-0.3, -0.25) is 4.90 Å². The molecule has 0 bridgehead atoms. The maximum Gasteiger partial charge on any atom is 0.416 e. The van der Waals surface area contributed by atoms with Crippen molar-refractivity contribution in [2.24, 2.45) is 0 Å². The molecule has 2 saturated heterocycles. The Morgan fingerprint density at radius 2 is 1.68 bits per heavy atom. The van der Waals surface area contributed by atoms with Crippen LogP contribution >= 0.6 is 0 Å². The third-order valence-electron chi connectivity index (χ3n) is 7.96. The van der Waals surface area contributed by atoms with Gasteiger partial charge in [-0.1, -0.05) is 6.07 Å². The molecule has 0 N–H and O–H groups in total. The zero-order chi connectivity index (χ0) is 32.0. The largest absolute Gasteiger partial charge is 0.496 e. The molecule has 44 heavy (non-hydrogen) atoms. The van der Waals surface area contributed by atoms with Gasteiger partial charge < -0.3 is 19.2 Å². The number of cyclic esters (lactones) is 1. The Labute approximate surface area is 249 Å². The van der Waals surface area contributed by atoms with Crippen LogP contribution in [0.1, 0.15) is 53.0 Å². The van der Waals surface area contributed by atoms with Crippen molar-refractivity contribution < 1.29 is 45.4 Å². The predicted molar refractivity (Wildman–Crippen MR) is 148 cm³/mol. The van der Waals surface area contributed by atoms with Crippen molar-refractivity contribution in [1.29, 1.82) is 0 Å². The van der Waals surface area contributed by atoms with Crippen LogP contribution in [-0.2, 0) is 34.8 Å². The Balaban J connectivity index is 1.57. The van der Waals surface area contributed by atoms with Crippen LogP contribution in [0.25, 0.3) is 11.1 Å². The van der Waals surface area contributed by atoms with Crippen molar-refractivity contribution in [2.45, 2.75) is 57.7 Å². The lowest BCUT2D eigenvalue weighted by molar-refractivity contribution is -0.143. The summed E-state index contributed by atoms with van der Waals surface area (Å²) in [5.41, 5.74) is -0.223. The summed E-state index contributed by atoms with van der Waals surface area (Å²) in [4.78, 5) is 32.6. The van der Waals surface area contributed by atoms with Crippen LogP contribution < -0.4 is 9.64 Å². The van der Waals surface area contributed by atoms with Gasteiger partial charge in [-0.05, 0) is 73.4 Å². The second-order valence-corrected chi connectivity index (χ2v) is 10.9. The van der Waals surface area contributed by atoms with Gasteiger partial charge in [-0.15, -0.1) is 0 Å². The molecule has 2 atom stereocenters. The van der Waals surface area contributed by atoms with E-state index in [0.29, 0.717) is 46.1 Å². The summed E-state index contributed by atoms with van der Waals surface area (Å²) in [7, 11) is 1.49. The van der Waals surface area contributed by atoms with Crippen molar-refractivity contribution in [3.63, 3.8) is 0 Å². The van der Waals surface area contributed by atoms with Gasteiger partial charge >= 0.3 is 18.4 Å². The van der Waals surface area contributed by atoms with Gasteiger partial charge in [0.15, 0.2) is 0 Å². The number of benzene rings is 2. The lowest BCUT2D eigenvalue weighted by Crippen LogP contribution is -2.38. The van der Waals surface area contributed by atoms with Crippen molar-refractivity contribution in [3.05, 3.63) is 76.0 Å². The molecule has 2 aromatic carbocycles. The van der Waals surface area contributed by atoms with E-state index in [4.69, 9.17) is 14.5 Å². The number of carbonyl (C=O) groups excluding carboxylic acids is 2. The third-order valence-corrected chi connectivity index (χ3v) is 7.96. The van der Waals surface area contributed by atoms with Crippen molar-refractivity contribution in [2.75, 3.05) is 25.1 Å². The molecule has 1 amide bonds. The highest BCUT2D eigenvalue weighted by Gasteiger charge is 2.43. The Hall–Kier alpha value is -4.29. The van der Waals surface area contributed by atoms with E-state index in [1.807, 2.05) is 13.0 Å². The number of nitrogens with zero attached hydrogens (tertiary/aromatic N) is 3. The molecular weight excluding hydrogens is 592 g/mol. The summed E-state index contributed by atoms with van der Waals surface area (Å²) in [6, 6.07) is 7.41. The lowest BCUT2D eigenvalue weighted by atomic mass is 9.94. The SMILES string of the molecule is COc1ccc(CC=O)cc1-c1c(C)cc(N2CCC2)nc1CN1C(=O)OC(c2cc(C(F)(F)F)cc(C(F)(F)F)c2)[C@@H]1C. The summed E-state index contributed by atoms with van der Waals surface area (Å²) in [6.45, 7) is 4.78. The van der Waals surface area contributed by atoms with E-state index in [9.17, 15) is 35.9 Å². The van der Waals surface area contributed by atoms with Gasteiger partial charge in [0.05, 0.1) is 36.5 Å². The molecule has 2 fully saturated rings. The molecule has 0 saturated carbocycles. The first-order valence-electron chi connectivity index (χ1n) is 13.8. The van der Waals surface area contributed by atoms with Gasteiger partial charge in [0, 0.05) is 30.6 Å². The summed E-state index contributed by atoms with van der Waals surface area (Å²) in [5, 5.41) is 0. The zero-order valence-corrected chi connectivity index (χ0v) is 24.1. The molecule has 2 aliphatic rings. The normalized spacial score (nSPS) is 18.7. The number of pyridine rings is 1. The van der Waals surface area contributed by atoms with Gasteiger partial charge in [-0.2, -0.15) is 26.3 Å². The van der Waals surface area contributed by atoms with E-state index in [0.717, 1.165) is 31.4 Å². The number of hydrogen-bond acceptors (Lipinski definition) is 6. The van der Waals surface area contributed by atoms with Crippen molar-refractivity contribution >= 4 is 18.2 Å². The smallest absolute Gasteiger partial charge is 0.416 e. The fourth-order valence-corrected chi connectivity index (χ4v) is 5.55. The molecule has 13 heteroatoms. The summed E-state index contributed by atoms with van der Waals surface area (Å²) < 4.78 is 92.3. The van der Waals surface area contributed by atoms with Crippen molar-refractivity contribution in [1.82, 2.24) is 9.88 Å². The number of aryl methyl sites for hydroxylation is 1. The van der Waals surface area contributed by atoms with Crippen LogP contribution in [0.4, 0.5) is 37.0 Å². The Morgan fingerprint density at radius 3 is 2.23 bits per heavy atom. The average molecular weight is 622 g/mol. The van der Waals surface area contributed by atoms with E-state index in [1.54, 1.807) is 18.2 Å². The molecule has 234 valence electrons. The monoisotopic (exact) mass is 621 g/mol. The van der Waals surface area contributed by atoms with Crippen LogP contribution in [0.3, 0.4) is 0 Å². The van der Waals surface area contributed by atoms with Crippen LogP contribution in [0, 0.1) is 6.92 Å². The molecule has 7 nitrogen and oxygen atoms in total. The number of ether oxygens (including phenoxy) is 2. The molecule has 0 spiro atoms. The van der Waals surface area contributed by atoms with E-state index in [1.165, 1.54) is 18.9 Å². The molecule has 0 aliphatic carbocycles. The average Bonchev–Trinajstić information content (AvgIpc) is 3.19. The van der Waals surface area contributed by atoms with Gasteiger partial charge in [0.2, 0.25) is 0 Å². The number of halogens is 6. The highest BCUT2D eigenvalue weighted by atomic mass is 19.4. The second kappa shape index (κ2) is 11.7. The zero-order valence-electron chi connectivity index (χ0n) is 24.1. The Morgan fingerprint density at radius 1 is 1.02 bits per heavy atom. The van der Waals surface area contributed by atoms with E-state index >= 15 is 0 Å². The van der Waals surface area contributed by atoms with Crippen LogP contribution in [0.15, 0.2) is 42.5 Å². The number of carbonyl (C=O) groups is 2. The minimum absolute atomic E-state index is 0.0368. The van der Waals surface area contributed by atoms with Crippen LogP contribution in [0.2, 0.25) is 0 Å². The minimum atomic E-state index is -5.05. The standard InChI is InChI=1S/C31H29F6N3O4/c1-17-11-26(39-8-4-9-39)38-24(27(17)23-12-19(7-10-41)5-6-25(23)43-3)16-40-18(2)28(44-29(40)42)20-13-21(30(32,33)34)15-22(14-20)31(35,36)37/h5-6,10-15,18,28H,4,7-9,16H2,1-3H3/t18-,28?/m0/s1. The van der Waals surface area contributed by atoms with Crippen LogP contribution in [0.5, 0.6) is 5.75 Å². The number of rotatable bonds is 8. The first-order chi connectivity index (χ1) is 20.7. The van der Waals surface area contributed by atoms with Crippen LogP contribution in [-0.4, -0.2) is 48.5 Å². The number of alkyl halides is 6. The summed E-state index contributed by atoms with van der Waals surface area (Å²) in [5.74, 6) is 1.15. The fraction of sp³-hybridized carbons (Fsp3) is 0.387. The summed E-state index contributed by atoms with van der Waals surface area (Å²) >= 11 is 0. The number of amides is 1. The first kappa shape index (κ1) is 31.1. The number of methoxy groups -OCH3 is 1. The number of aldehydes is 1. The maximum atomic E-state index is 13.6. The minimum Gasteiger partial charge on any atom is -0.496 e. The Kier molecular flexibility index (Phi) is 8.25. The molecule has 2 aliphatic heterocycles. The predicted octanol–water partition coefficient (Wildman–Crippen LogP) is 7.14. The molecule has 5 rings (SSSR count). The first-order valence-corrected chi connectivity index (χ1v) is 13.8. The number of hydrogen-bond donors (Lipinski definition) is 0. The second-order valence-electron chi connectivity index (χ2n) is 10.9. The molecule has 3 heterocycles. The Bertz CT molecular complexity index is 1550. The number of aromatic nitrogens is 1.